The van der Waals surface area contributed by atoms with Gasteiger partial charge in [0.05, 0.1) is 0 Å². The van der Waals surface area contributed by atoms with E-state index in [1.165, 1.54) is 13.8 Å². The fraction of sp³-hybridized carbons (Fsp3) is 0.400. The zero-order valence-electron chi connectivity index (χ0n) is 7.49. The van der Waals surface area contributed by atoms with E-state index in [-0.39, 0.29) is 0 Å². The van der Waals surface area contributed by atoms with Crippen molar-refractivity contribution < 1.29 is 4.39 Å². The molecule has 0 aromatic heterocycles. The van der Waals surface area contributed by atoms with Crippen molar-refractivity contribution in [1.82, 2.24) is 0 Å². The van der Waals surface area contributed by atoms with Gasteiger partial charge in [0.2, 0.25) is 0 Å². The summed E-state index contributed by atoms with van der Waals surface area (Å²) in [7, 11) is 0. The van der Waals surface area contributed by atoms with Crippen LogP contribution in [0.15, 0.2) is 18.2 Å². The van der Waals surface area contributed by atoms with Crippen LogP contribution < -0.4 is 0 Å². The maximum Gasteiger partial charge on any atom is 0.130 e. The van der Waals surface area contributed by atoms with Crippen molar-refractivity contribution in [3.05, 3.63) is 34.3 Å². The van der Waals surface area contributed by atoms with Crippen molar-refractivity contribution in [3.8, 4) is 0 Å². The highest BCUT2D eigenvalue weighted by Crippen LogP contribution is 2.27. The Hall–Kier alpha value is -0.560. The average molecular weight is 187 g/mol. The molecule has 0 aliphatic carbocycles. The maximum absolute atomic E-state index is 13.4. The molecule has 0 aliphatic rings. The molecular weight excluding hydrogens is 175 g/mol. The third-order valence-electron chi connectivity index (χ3n) is 1.84. The molecule has 1 aromatic rings. The van der Waals surface area contributed by atoms with E-state index in [1.54, 1.807) is 18.2 Å². The summed E-state index contributed by atoms with van der Waals surface area (Å²) in [5.74, 6) is 0. The molecule has 0 atom stereocenters. The molecular formula is C10H12ClF. The molecule has 0 amide bonds. The minimum atomic E-state index is -1.28. The highest BCUT2D eigenvalue weighted by Gasteiger charge is 2.18. The number of rotatable bonds is 1. The Morgan fingerprint density at radius 3 is 2.33 bits per heavy atom. The van der Waals surface area contributed by atoms with Crippen molar-refractivity contribution in [2.75, 3.05) is 0 Å². The minimum Gasteiger partial charge on any atom is -0.239 e. The number of alkyl halides is 1. The van der Waals surface area contributed by atoms with Crippen LogP contribution in [0.25, 0.3) is 0 Å². The van der Waals surface area contributed by atoms with Gasteiger partial charge in [-0.1, -0.05) is 23.7 Å². The lowest BCUT2D eigenvalue weighted by atomic mass is 9.99. The topological polar surface area (TPSA) is 0 Å². The second-order valence-electron chi connectivity index (χ2n) is 3.44. The molecule has 0 N–H and O–H groups in total. The van der Waals surface area contributed by atoms with Crippen LogP contribution in [0, 0.1) is 6.92 Å². The van der Waals surface area contributed by atoms with E-state index >= 15 is 0 Å². The molecule has 12 heavy (non-hydrogen) atoms. The van der Waals surface area contributed by atoms with Crippen LogP contribution in [-0.2, 0) is 5.67 Å². The number of hydrogen-bond acceptors (Lipinski definition) is 0. The van der Waals surface area contributed by atoms with Gasteiger partial charge in [0.1, 0.15) is 5.67 Å². The van der Waals surface area contributed by atoms with Crippen molar-refractivity contribution in [2.45, 2.75) is 26.4 Å². The molecule has 1 aromatic carbocycles. The van der Waals surface area contributed by atoms with Crippen molar-refractivity contribution in [2.24, 2.45) is 0 Å². The molecule has 2 heteroatoms. The van der Waals surface area contributed by atoms with Gasteiger partial charge < -0.3 is 0 Å². The summed E-state index contributed by atoms with van der Waals surface area (Å²) in [5.41, 5.74) is 0.305. The summed E-state index contributed by atoms with van der Waals surface area (Å²) in [6.07, 6.45) is 0. The van der Waals surface area contributed by atoms with Crippen LogP contribution >= 0.6 is 11.6 Å². The highest BCUT2D eigenvalue weighted by molar-refractivity contribution is 6.31. The maximum atomic E-state index is 13.4. The van der Waals surface area contributed by atoms with Crippen LogP contribution in [0.2, 0.25) is 5.02 Å². The lowest BCUT2D eigenvalue weighted by molar-refractivity contribution is 0.221. The fourth-order valence-corrected chi connectivity index (χ4v) is 1.13. The molecule has 0 unspecified atom stereocenters. The predicted octanol–water partition coefficient (Wildman–Crippen LogP) is 3.85. The third kappa shape index (κ3) is 1.98. The summed E-state index contributed by atoms with van der Waals surface area (Å²) in [6, 6.07) is 5.23. The standard InChI is InChI=1S/C10H12ClF/c1-7-6-8(10(2,3)12)4-5-9(7)11/h4-6H,1-3H3. The van der Waals surface area contributed by atoms with Crippen molar-refractivity contribution >= 4 is 11.6 Å². The smallest absolute Gasteiger partial charge is 0.130 e. The van der Waals surface area contributed by atoms with E-state index < -0.39 is 5.67 Å². The van der Waals surface area contributed by atoms with E-state index in [9.17, 15) is 4.39 Å². The van der Waals surface area contributed by atoms with Crippen LogP contribution in [0.4, 0.5) is 4.39 Å². The van der Waals surface area contributed by atoms with Crippen molar-refractivity contribution in [1.29, 1.82) is 0 Å². The molecule has 0 radical (unpaired) electrons. The monoisotopic (exact) mass is 186 g/mol. The van der Waals surface area contributed by atoms with Gasteiger partial charge in [-0.25, -0.2) is 4.39 Å². The van der Waals surface area contributed by atoms with Crippen LogP contribution in [0.5, 0.6) is 0 Å². The van der Waals surface area contributed by atoms with Gasteiger partial charge in [-0.15, -0.1) is 0 Å². The second kappa shape index (κ2) is 3.06. The first-order chi connectivity index (χ1) is 5.41. The Morgan fingerprint density at radius 1 is 1.33 bits per heavy atom. The molecule has 0 bridgehead atoms. The van der Waals surface area contributed by atoms with Gasteiger partial charge in [-0.2, -0.15) is 0 Å². The molecule has 0 saturated heterocycles. The van der Waals surface area contributed by atoms with Gasteiger partial charge in [-0.05, 0) is 38.0 Å². The Morgan fingerprint density at radius 2 is 1.92 bits per heavy atom. The summed E-state index contributed by atoms with van der Waals surface area (Å²) in [5, 5.41) is 0.683. The SMILES string of the molecule is Cc1cc(C(C)(C)F)ccc1Cl. The Kier molecular flexibility index (Phi) is 2.43. The summed E-state index contributed by atoms with van der Waals surface area (Å²) in [4.78, 5) is 0. The van der Waals surface area contributed by atoms with Gasteiger partial charge in [0.15, 0.2) is 0 Å². The summed E-state index contributed by atoms with van der Waals surface area (Å²) < 4.78 is 13.4. The first-order valence-electron chi connectivity index (χ1n) is 3.87. The van der Waals surface area contributed by atoms with Gasteiger partial charge >= 0.3 is 0 Å². The zero-order chi connectivity index (χ0) is 9.35. The van der Waals surface area contributed by atoms with E-state index in [0.717, 1.165) is 5.56 Å². The summed E-state index contributed by atoms with van der Waals surface area (Å²) >= 11 is 5.81. The average Bonchev–Trinajstić information content (AvgIpc) is 1.92. The van der Waals surface area contributed by atoms with Gasteiger partial charge in [0, 0.05) is 5.02 Å². The first kappa shape index (κ1) is 9.53. The molecule has 66 valence electrons. The number of aryl methyl sites for hydroxylation is 1. The Labute approximate surface area is 77.4 Å². The quantitative estimate of drug-likeness (QED) is 0.625. The molecule has 0 fully saturated rings. The molecule has 0 aliphatic heterocycles. The van der Waals surface area contributed by atoms with Gasteiger partial charge in [0.25, 0.3) is 0 Å². The molecule has 0 saturated carbocycles. The largest absolute Gasteiger partial charge is 0.239 e. The van der Waals surface area contributed by atoms with Crippen molar-refractivity contribution in [3.63, 3.8) is 0 Å². The number of halogens is 2. The minimum absolute atomic E-state index is 0.671. The zero-order valence-corrected chi connectivity index (χ0v) is 8.24. The van der Waals surface area contributed by atoms with E-state index in [4.69, 9.17) is 11.6 Å². The molecule has 0 heterocycles. The van der Waals surface area contributed by atoms with Crippen LogP contribution in [0.1, 0.15) is 25.0 Å². The van der Waals surface area contributed by atoms with E-state index in [1.807, 2.05) is 6.92 Å². The predicted molar refractivity (Wildman–Crippen MR) is 50.3 cm³/mol. The molecule has 1 rings (SSSR count). The third-order valence-corrected chi connectivity index (χ3v) is 2.27. The number of benzene rings is 1. The molecule has 0 nitrogen and oxygen atoms in total. The van der Waals surface area contributed by atoms with E-state index in [2.05, 4.69) is 0 Å². The Balaban J connectivity index is 3.14. The fourth-order valence-electron chi connectivity index (χ4n) is 1.01. The highest BCUT2D eigenvalue weighted by atomic mass is 35.5. The first-order valence-corrected chi connectivity index (χ1v) is 4.24. The number of hydrogen-bond donors (Lipinski definition) is 0. The van der Waals surface area contributed by atoms with Crippen LogP contribution in [0.3, 0.4) is 0 Å². The normalized spacial score (nSPS) is 11.8. The summed E-state index contributed by atoms with van der Waals surface area (Å²) in [6.45, 7) is 4.95. The molecule has 0 spiro atoms. The van der Waals surface area contributed by atoms with Gasteiger partial charge in [-0.3, -0.25) is 0 Å². The second-order valence-corrected chi connectivity index (χ2v) is 3.84. The van der Waals surface area contributed by atoms with E-state index in [0.29, 0.717) is 10.6 Å². The van der Waals surface area contributed by atoms with Crippen LogP contribution in [-0.4, -0.2) is 0 Å². The lowest BCUT2D eigenvalue weighted by Gasteiger charge is -2.15. The lowest BCUT2D eigenvalue weighted by Crippen LogP contribution is -2.08. The Bertz CT molecular complexity index is 286.